The van der Waals surface area contributed by atoms with Crippen molar-refractivity contribution in [1.29, 1.82) is 0 Å². The highest BCUT2D eigenvalue weighted by Crippen LogP contribution is 2.23. The van der Waals surface area contributed by atoms with Crippen molar-refractivity contribution in [2.45, 2.75) is 6.92 Å². The van der Waals surface area contributed by atoms with Crippen molar-refractivity contribution in [3.8, 4) is 0 Å². The summed E-state index contributed by atoms with van der Waals surface area (Å²) in [5.74, 6) is -2.86. The van der Waals surface area contributed by atoms with Crippen molar-refractivity contribution in [3.63, 3.8) is 0 Å². The third-order valence-electron chi connectivity index (χ3n) is 2.00. The van der Waals surface area contributed by atoms with Crippen LogP contribution < -0.4 is 0 Å². The van der Waals surface area contributed by atoms with E-state index in [1.807, 2.05) is 0 Å². The van der Waals surface area contributed by atoms with Crippen LogP contribution in [0.1, 0.15) is 26.3 Å². The van der Waals surface area contributed by atoms with E-state index in [2.05, 4.69) is 0 Å². The fraction of sp³-hybridized carbons (Fsp3) is 0.111. The number of aryl methyl sites for hydroxylation is 1. The number of hydrogen-bond acceptors (Lipinski definition) is 4. The topological polar surface area (TPSA) is 118 Å². The van der Waals surface area contributed by atoms with E-state index in [0.29, 0.717) is 0 Å². The molecule has 0 radical (unpaired) electrons. The Morgan fingerprint density at radius 3 is 2.06 bits per heavy atom. The number of hydrogen-bond donors (Lipinski definition) is 2. The number of carbonyl (C=O) groups is 2. The highest BCUT2D eigenvalue weighted by molar-refractivity contribution is 5.97. The van der Waals surface area contributed by atoms with Gasteiger partial charge in [-0.05, 0) is 18.6 Å². The molecule has 0 bridgehead atoms. The van der Waals surface area contributed by atoms with E-state index < -0.39 is 28.1 Å². The molecule has 0 saturated heterocycles. The van der Waals surface area contributed by atoms with Gasteiger partial charge in [-0.25, -0.2) is 9.59 Å². The largest absolute Gasteiger partial charge is 0.478 e. The van der Waals surface area contributed by atoms with E-state index in [-0.39, 0.29) is 11.1 Å². The summed E-state index contributed by atoms with van der Waals surface area (Å²) in [4.78, 5) is 31.1. The second kappa shape index (κ2) is 3.97. The molecule has 0 saturated carbocycles. The molecule has 0 amide bonds. The molecule has 2 N–H and O–H groups in total. The third kappa shape index (κ3) is 1.97. The SMILES string of the molecule is Cc1cc([N+](=O)[O-])c(C(=O)O)cc1C(=O)O. The molecule has 84 valence electrons. The minimum absolute atomic E-state index is 0.143. The number of carboxylic acid groups (broad SMARTS) is 2. The highest BCUT2D eigenvalue weighted by atomic mass is 16.6. The maximum Gasteiger partial charge on any atom is 0.342 e. The fourth-order valence-corrected chi connectivity index (χ4v) is 1.25. The molecule has 7 nitrogen and oxygen atoms in total. The first kappa shape index (κ1) is 11.6. The Labute approximate surface area is 89.1 Å². The Bertz CT molecular complexity index is 493. The number of carboxylic acids is 2. The van der Waals surface area contributed by atoms with Crippen molar-refractivity contribution >= 4 is 17.6 Å². The molecule has 0 heterocycles. The molecule has 16 heavy (non-hydrogen) atoms. The van der Waals surface area contributed by atoms with Gasteiger partial charge in [-0.2, -0.15) is 0 Å². The number of rotatable bonds is 3. The number of aromatic carboxylic acids is 2. The van der Waals surface area contributed by atoms with Gasteiger partial charge in [0.15, 0.2) is 0 Å². The number of nitro groups is 1. The van der Waals surface area contributed by atoms with Gasteiger partial charge in [-0.3, -0.25) is 10.1 Å². The Morgan fingerprint density at radius 1 is 1.19 bits per heavy atom. The van der Waals surface area contributed by atoms with Crippen LogP contribution >= 0.6 is 0 Å². The van der Waals surface area contributed by atoms with Gasteiger partial charge in [-0.1, -0.05) is 0 Å². The Balaban J connectivity index is 3.55. The first-order valence-corrected chi connectivity index (χ1v) is 4.10. The zero-order valence-corrected chi connectivity index (χ0v) is 8.13. The normalized spacial score (nSPS) is 9.81. The first-order valence-electron chi connectivity index (χ1n) is 4.10. The van der Waals surface area contributed by atoms with Crippen LogP contribution in [0.4, 0.5) is 5.69 Å². The molecular formula is C9H7NO6. The Kier molecular flexibility index (Phi) is 2.89. The van der Waals surface area contributed by atoms with E-state index in [1.165, 1.54) is 6.92 Å². The van der Waals surface area contributed by atoms with E-state index in [1.54, 1.807) is 0 Å². The summed E-state index contributed by atoms with van der Waals surface area (Å²) in [6, 6.07) is 1.73. The molecule has 0 fully saturated rings. The summed E-state index contributed by atoms with van der Waals surface area (Å²) in [6.07, 6.45) is 0. The van der Waals surface area contributed by atoms with Crippen molar-refractivity contribution in [3.05, 3.63) is 38.9 Å². The van der Waals surface area contributed by atoms with Crippen molar-refractivity contribution < 1.29 is 24.7 Å². The monoisotopic (exact) mass is 225 g/mol. The molecule has 1 aromatic rings. The summed E-state index contributed by atoms with van der Waals surface area (Å²) in [5.41, 5.74) is -1.37. The van der Waals surface area contributed by atoms with Crippen LogP contribution in [0.5, 0.6) is 0 Å². The number of nitro benzene ring substituents is 1. The van der Waals surface area contributed by atoms with Crippen molar-refractivity contribution in [2.24, 2.45) is 0 Å². The smallest absolute Gasteiger partial charge is 0.342 e. The van der Waals surface area contributed by atoms with Crippen LogP contribution in [0.25, 0.3) is 0 Å². The molecular weight excluding hydrogens is 218 g/mol. The maximum absolute atomic E-state index is 10.7. The molecule has 7 heteroatoms. The molecule has 1 rings (SSSR count). The molecule has 0 spiro atoms. The van der Waals surface area contributed by atoms with Crippen LogP contribution in [0.2, 0.25) is 0 Å². The van der Waals surface area contributed by atoms with E-state index >= 15 is 0 Å². The second-order valence-electron chi connectivity index (χ2n) is 3.05. The van der Waals surface area contributed by atoms with Crippen LogP contribution in [0, 0.1) is 17.0 Å². The summed E-state index contributed by atoms with van der Waals surface area (Å²) < 4.78 is 0. The Hall–Kier alpha value is -2.44. The van der Waals surface area contributed by atoms with E-state index in [9.17, 15) is 19.7 Å². The molecule has 0 aliphatic heterocycles. The average Bonchev–Trinajstić information content (AvgIpc) is 2.15. The molecule has 0 aliphatic rings. The minimum Gasteiger partial charge on any atom is -0.478 e. The van der Waals surface area contributed by atoms with Gasteiger partial charge < -0.3 is 10.2 Å². The second-order valence-corrected chi connectivity index (χ2v) is 3.05. The van der Waals surface area contributed by atoms with Crippen molar-refractivity contribution in [1.82, 2.24) is 0 Å². The van der Waals surface area contributed by atoms with Crippen LogP contribution in [-0.2, 0) is 0 Å². The van der Waals surface area contributed by atoms with Gasteiger partial charge in [0.1, 0.15) is 5.56 Å². The summed E-state index contributed by atoms with van der Waals surface area (Å²) >= 11 is 0. The van der Waals surface area contributed by atoms with E-state index in [0.717, 1.165) is 12.1 Å². The van der Waals surface area contributed by atoms with Crippen LogP contribution in [0.15, 0.2) is 12.1 Å². The quantitative estimate of drug-likeness (QED) is 0.591. The van der Waals surface area contributed by atoms with Gasteiger partial charge in [0.2, 0.25) is 0 Å². The predicted molar refractivity (Wildman–Crippen MR) is 51.8 cm³/mol. The molecule has 1 aromatic carbocycles. The van der Waals surface area contributed by atoms with Gasteiger partial charge in [0.05, 0.1) is 10.5 Å². The molecule has 0 unspecified atom stereocenters. The standard InChI is InChI=1S/C9H7NO6/c1-4-2-7(10(15)16)6(9(13)14)3-5(4)8(11)12/h2-3H,1H3,(H,11,12)(H,13,14). The lowest BCUT2D eigenvalue weighted by atomic mass is 10.0. The number of benzene rings is 1. The lowest BCUT2D eigenvalue weighted by Gasteiger charge is -2.03. The zero-order chi connectivity index (χ0) is 12.5. The minimum atomic E-state index is -1.53. The summed E-state index contributed by atoms with van der Waals surface area (Å²) in [6.45, 7) is 1.36. The lowest BCUT2D eigenvalue weighted by molar-refractivity contribution is -0.385. The van der Waals surface area contributed by atoms with Gasteiger partial charge in [-0.15, -0.1) is 0 Å². The van der Waals surface area contributed by atoms with Gasteiger partial charge in [0, 0.05) is 6.07 Å². The van der Waals surface area contributed by atoms with E-state index in [4.69, 9.17) is 10.2 Å². The summed E-state index contributed by atoms with van der Waals surface area (Å²) in [7, 11) is 0. The Morgan fingerprint density at radius 2 is 1.69 bits per heavy atom. The molecule has 0 aliphatic carbocycles. The summed E-state index contributed by atoms with van der Waals surface area (Å²) in [5, 5.41) is 28.0. The maximum atomic E-state index is 10.7. The zero-order valence-electron chi connectivity index (χ0n) is 8.13. The van der Waals surface area contributed by atoms with Crippen LogP contribution in [0.3, 0.4) is 0 Å². The first-order chi connectivity index (χ1) is 7.34. The van der Waals surface area contributed by atoms with Gasteiger partial charge >= 0.3 is 11.9 Å². The highest BCUT2D eigenvalue weighted by Gasteiger charge is 2.23. The lowest BCUT2D eigenvalue weighted by Crippen LogP contribution is -2.08. The average molecular weight is 225 g/mol. The number of nitrogens with zero attached hydrogens (tertiary/aromatic N) is 1. The predicted octanol–water partition coefficient (Wildman–Crippen LogP) is 1.30. The molecule has 0 aromatic heterocycles. The molecule has 0 atom stereocenters. The van der Waals surface area contributed by atoms with Gasteiger partial charge in [0.25, 0.3) is 5.69 Å². The third-order valence-corrected chi connectivity index (χ3v) is 2.00. The van der Waals surface area contributed by atoms with Crippen LogP contribution in [-0.4, -0.2) is 27.1 Å². The van der Waals surface area contributed by atoms with Crippen molar-refractivity contribution in [2.75, 3.05) is 0 Å². The fourth-order valence-electron chi connectivity index (χ4n) is 1.25.